The Morgan fingerprint density at radius 3 is 2.78 bits per heavy atom. The van der Waals surface area contributed by atoms with Crippen molar-refractivity contribution in [1.82, 2.24) is 24.8 Å². The SMILES string of the molecule is Cc1cc(Nc2ncc(C)s2)nc(C2CCCCN2CC(=O)N(C)Cc2ccccc2)n1. The van der Waals surface area contributed by atoms with Crippen LogP contribution in [0.15, 0.2) is 42.6 Å². The predicted molar refractivity (Wildman–Crippen MR) is 128 cm³/mol. The van der Waals surface area contributed by atoms with E-state index in [9.17, 15) is 4.79 Å². The monoisotopic (exact) mass is 450 g/mol. The van der Waals surface area contributed by atoms with Crippen LogP contribution in [0.2, 0.25) is 0 Å². The summed E-state index contributed by atoms with van der Waals surface area (Å²) in [7, 11) is 1.87. The van der Waals surface area contributed by atoms with Crippen LogP contribution in [-0.4, -0.2) is 50.8 Å². The lowest BCUT2D eigenvalue weighted by Crippen LogP contribution is -2.42. The second-order valence-electron chi connectivity index (χ2n) is 8.37. The average Bonchev–Trinajstić information content (AvgIpc) is 3.18. The third kappa shape index (κ3) is 5.69. The Morgan fingerprint density at radius 1 is 1.22 bits per heavy atom. The minimum Gasteiger partial charge on any atom is -0.340 e. The van der Waals surface area contributed by atoms with Crippen molar-refractivity contribution in [2.24, 2.45) is 0 Å². The fourth-order valence-electron chi connectivity index (χ4n) is 4.04. The zero-order chi connectivity index (χ0) is 22.5. The number of likely N-dealkylation sites (N-methyl/N-ethyl adjacent to an activating group) is 1. The number of carbonyl (C=O) groups is 1. The van der Waals surface area contributed by atoms with Gasteiger partial charge in [0.15, 0.2) is 5.13 Å². The Kier molecular flexibility index (Phi) is 7.12. The molecule has 1 fully saturated rings. The van der Waals surface area contributed by atoms with Crippen LogP contribution in [0.25, 0.3) is 0 Å². The van der Waals surface area contributed by atoms with Gasteiger partial charge >= 0.3 is 0 Å². The molecule has 32 heavy (non-hydrogen) atoms. The molecule has 4 rings (SSSR count). The molecule has 0 aliphatic carbocycles. The Hall–Kier alpha value is -2.84. The average molecular weight is 451 g/mol. The number of carbonyl (C=O) groups excluding carboxylic acids is 1. The Labute approximate surface area is 193 Å². The first kappa shape index (κ1) is 22.4. The smallest absolute Gasteiger partial charge is 0.236 e. The van der Waals surface area contributed by atoms with E-state index >= 15 is 0 Å². The highest BCUT2D eigenvalue weighted by molar-refractivity contribution is 7.15. The molecular weight excluding hydrogens is 420 g/mol. The summed E-state index contributed by atoms with van der Waals surface area (Å²) in [5, 5.41) is 4.13. The molecule has 1 aliphatic heterocycles. The number of amides is 1. The number of hydrogen-bond donors (Lipinski definition) is 1. The standard InChI is InChI=1S/C24H30N6OS/c1-17-13-21(28-24-25-14-18(2)32-24)27-23(26-17)20-11-7-8-12-30(20)16-22(31)29(3)15-19-9-5-4-6-10-19/h4-6,9-10,13-14,20H,7-8,11-12,15-16H2,1-3H3,(H,25,26,27,28). The molecule has 1 saturated heterocycles. The lowest BCUT2D eigenvalue weighted by molar-refractivity contribution is -0.132. The Balaban J connectivity index is 1.47. The number of hydrogen-bond acceptors (Lipinski definition) is 7. The van der Waals surface area contributed by atoms with Gasteiger partial charge in [0.25, 0.3) is 0 Å². The third-order valence-corrected chi connectivity index (χ3v) is 6.49. The molecule has 1 amide bonds. The summed E-state index contributed by atoms with van der Waals surface area (Å²) >= 11 is 1.60. The highest BCUT2D eigenvalue weighted by Gasteiger charge is 2.29. The summed E-state index contributed by atoms with van der Waals surface area (Å²) in [6.45, 7) is 5.88. The van der Waals surface area contributed by atoms with E-state index in [1.165, 1.54) is 0 Å². The molecule has 3 heterocycles. The summed E-state index contributed by atoms with van der Waals surface area (Å²) in [5.74, 6) is 1.64. The van der Waals surface area contributed by atoms with Gasteiger partial charge in [-0.2, -0.15) is 0 Å². The van der Waals surface area contributed by atoms with E-state index in [-0.39, 0.29) is 11.9 Å². The number of aryl methyl sites for hydroxylation is 2. The van der Waals surface area contributed by atoms with Crippen LogP contribution < -0.4 is 5.32 Å². The van der Waals surface area contributed by atoms with Gasteiger partial charge < -0.3 is 10.2 Å². The normalized spacial score (nSPS) is 16.7. The lowest BCUT2D eigenvalue weighted by Gasteiger charge is -2.35. The number of anilines is 2. The molecule has 0 spiro atoms. The number of likely N-dealkylation sites (tertiary alicyclic amines) is 1. The summed E-state index contributed by atoms with van der Waals surface area (Å²) in [4.78, 5) is 32.1. The summed E-state index contributed by atoms with van der Waals surface area (Å²) in [5.41, 5.74) is 2.04. The highest BCUT2D eigenvalue weighted by atomic mass is 32.1. The summed E-state index contributed by atoms with van der Waals surface area (Å²) < 4.78 is 0. The first-order chi connectivity index (χ1) is 15.5. The van der Waals surface area contributed by atoms with Crippen molar-refractivity contribution in [2.75, 3.05) is 25.5 Å². The zero-order valence-corrected chi connectivity index (χ0v) is 19.7. The number of piperidine rings is 1. The number of nitrogens with zero attached hydrogens (tertiary/aromatic N) is 5. The maximum absolute atomic E-state index is 13.0. The molecule has 7 nitrogen and oxygen atoms in total. The number of aromatic nitrogens is 3. The quantitative estimate of drug-likeness (QED) is 0.572. The summed E-state index contributed by atoms with van der Waals surface area (Å²) in [6.07, 6.45) is 5.00. The van der Waals surface area contributed by atoms with Gasteiger partial charge in [-0.25, -0.2) is 15.0 Å². The molecule has 1 N–H and O–H groups in total. The van der Waals surface area contributed by atoms with E-state index in [1.807, 2.05) is 63.5 Å². The Bertz CT molecular complexity index is 1050. The van der Waals surface area contributed by atoms with Gasteiger partial charge in [-0.3, -0.25) is 9.69 Å². The van der Waals surface area contributed by atoms with Crippen molar-refractivity contribution < 1.29 is 4.79 Å². The van der Waals surface area contributed by atoms with Crippen molar-refractivity contribution in [3.05, 3.63) is 64.6 Å². The second kappa shape index (κ2) is 10.2. The van der Waals surface area contributed by atoms with Gasteiger partial charge in [0.05, 0.1) is 12.6 Å². The van der Waals surface area contributed by atoms with Crippen LogP contribution in [0.1, 0.15) is 47.3 Å². The minimum absolute atomic E-state index is 0.0382. The second-order valence-corrected chi connectivity index (χ2v) is 9.61. The molecule has 1 unspecified atom stereocenters. The Morgan fingerprint density at radius 2 is 2.03 bits per heavy atom. The molecule has 2 aromatic heterocycles. The third-order valence-electron chi connectivity index (χ3n) is 5.67. The number of rotatable bonds is 7. The first-order valence-corrected chi connectivity index (χ1v) is 11.9. The van der Waals surface area contributed by atoms with Crippen LogP contribution in [0.4, 0.5) is 10.9 Å². The van der Waals surface area contributed by atoms with Crippen molar-refractivity contribution in [1.29, 1.82) is 0 Å². The van der Waals surface area contributed by atoms with E-state index < -0.39 is 0 Å². The predicted octanol–water partition coefficient (Wildman–Crippen LogP) is 4.48. The van der Waals surface area contributed by atoms with E-state index in [2.05, 4.69) is 15.2 Å². The maximum Gasteiger partial charge on any atom is 0.236 e. The lowest BCUT2D eigenvalue weighted by atomic mass is 10.0. The molecule has 0 saturated carbocycles. The fraction of sp³-hybridized carbons (Fsp3) is 0.417. The van der Waals surface area contributed by atoms with E-state index in [4.69, 9.17) is 9.97 Å². The molecule has 8 heteroatoms. The van der Waals surface area contributed by atoms with Gasteiger partial charge in [0, 0.05) is 36.4 Å². The van der Waals surface area contributed by atoms with Crippen LogP contribution >= 0.6 is 11.3 Å². The fourth-order valence-corrected chi connectivity index (χ4v) is 4.71. The van der Waals surface area contributed by atoms with E-state index in [0.29, 0.717) is 13.1 Å². The van der Waals surface area contributed by atoms with E-state index in [1.54, 1.807) is 16.2 Å². The van der Waals surface area contributed by atoms with Gasteiger partial charge in [-0.1, -0.05) is 36.8 Å². The van der Waals surface area contributed by atoms with Crippen LogP contribution in [0.3, 0.4) is 0 Å². The molecule has 1 aromatic carbocycles. The van der Waals surface area contributed by atoms with Gasteiger partial charge in [0.2, 0.25) is 5.91 Å². The maximum atomic E-state index is 13.0. The van der Waals surface area contributed by atoms with Crippen LogP contribution in [-0.2, 0) is 11.3 Å². The van der Waals surface area contributed by atoms with Crippen molar-refractivity contribution >= 4 is 28.2 Å². The van der Waals surface area contributed by atoms with Crippen molar-refractivity contribution in [2.45, 2.75) is 45.7 Å². The van der Waals surface area contributed by atoms with Gasteiger partial charge in [-0.05, 0) is 38.8 Å². The number of thiazole rings is 1. The van der Waals surface area contributed by atoms with Crippen molar-refractivity contribution in [3.63, 3.8) is 0 Å². The van der Waals surface area contributed by atoms with Gasteiger partial charge in [0.1, 0.15) is 11.6 Å². The molecule has 0 radical (unpaired) electrons. The molecule has 168 valence electrons. The number of benzene rings is 1. The molecular formula is C24H30N6OS. The molecule has 1 atom stereocenters. The van der Waals surface area contributed by atoms with Crippen molar-refractivity contribution in [3.8, 4) is 0 Å². The first-order valence-electron chi connectivity index (χ1n) is 11.0. The van der Waals surface area contributed by atoms with Crippen LogP contribution in [0, 0.1) is 13.8 Å². The molecule has 0 bridgehead atoms. The highest BCUT2D eigenvalue weighted by Crippen LogP contribution is 2.30. The summed E-state index contributed by atoms with van der Waals surface area (Å²) in [6, 6.07) is 12.1. The minimum atomic E-state index is 0.0382. The van der Waals surface area contributed by atoms with Crippen LogP contribution in [0.5, 0.6) is 0 Å². The zero-order valence-electron chi connectivity index (χ0n) is 18.9. The largest absolute Gasteiger partial charge is 0.340 e. The molecule has 1 aliphatic rings. The molecule has 3 aromatic rings. The topological polar surface area (TPSA) is 74.2 Å². The van der Waals surface area contributed by atoms with Gasteiger partial charge in [-0.15, -0.1) is 11.3 Å². The number of nitrogens with one attached hydrogen (secondary N) is 1. The van der Waals surface area contributed by atoms with E-state index in [0.717, 1.165) is 58.7 Å².